The number of piperazine rings is 1. The first-order valence-corrected chi connectivity index (χ1v) is 10.7. The van der Waals surface area contributed by atoms with Gasteiger partial charge in [-0.05, 0) is 35.7 Å². The Morgan fingerprint density at radius 3 is 2.43 bits per heavy atom. The molecule has 0 atom stereocenters. The number of nitrogens with two attached hydrogens (primary N) is 1. The number of fused-ring (bicyclic) bond motifs is 1. The van der Waals surface area contributed by atoms with Crippen LogP contribution < -0.4 is 15.5 Å². The second-order valence-corrected chi connectivity index (χ2v) is 7.89. The van der Waals surface area contributed by atoms with E-state index in [1.54, 1.807) is 29.7 Å². The van der Waals surface area contributed by atoms with Crippen molar-refractivity contribution < 1.29 is 4.79 Å². The van der Waals surface area contributed by atoms with Gasteiger partial charge in [0.05, 0.1) is 11.1 Å². The van der Waals surface area contributed by atoms with Crippen molar-refractivity contribution in [2.45, 2.75) is 0 Å². The highest BCUT2D eigenvalue weighted by Gasteiger charge is 2.24. The molecule has 0 aliphatic carbocycles. The number of thiophene rings is 1. The van der Waals surface area contributed by atoms with Gasteiger partial charge in [-0.2, -0.15) is 11.3 Å². The largest absolute Gasteiger partial charge is 0.365 e. The molecule has 0 radical (unpaired) electrons. The minimum absolute atomic E-state index is 0.456. The Bertz CT molecular complexity index is 1200. The molecule has 150 valence electrons. The van der Waals surface area contributed by atoms with Crippen molar-refractivity contribution in [3.63, 3.8) is 0 Å². The van der Waals surface area contributed by atoms with Crippen LogP contribution in [0.4, 0.5) is 11.6 Å². The average Bonchev–Trinajstić information content (AvgIpc) is 3.33. The SMILES string of the molecule is NC(=O)c1cccnc1N1CCN(c2nc(-c3ccsc3)nc3ccccc23)CC1. The van der Waals surface area contributed by atoms with Gasteiger partial charge in [0.25, 0.3) is 5.91 Å². The molecule has 4 aromatic rings. The number of carbonyl (C=O) groups is 1. The molecule has 0 bridgehead atoms. The first-order chi connectivity index (χ1) is 14.7. The summed E-state index contributed by atoms with van der Waals surface area (Å²) in [4.78, 5) is 30.3. The monoisotopic (exact) mass is 416 g/mol. The van der Waals surface area contributed by atoms with E-state index in [0.717, 1.165) is 54.3 Å². The van der Waals surface area contributed by atoms with E-state index in [-0.39, 0.29) is 0 Å². The number of pyridine rings is 1. The fourth-order valence-electron chi connectivity index (χ4n) is 3.79. The number of anilines is 2. The maximum atomic E-state index is 11.8. The summed E-state index contributed by atoms with van der Waals surface area (Å²) in [6, 6.07) is 13.6. The molecular weight excluding hydrogens is 396 g/mol. The molecule has 8 heteroatoms. The number of rotatable bonds is 4. The number of benzene rings is 1. The molecular formula is C22H20N6OS. The molecule has 1 aliphatic rings. The van der Waals surface area contributed by atoms with Gasteiger partial charge in [0.1, 0.15) is 11.6 Å². The highest BCUT2D eigenvalue weighted by Crippen LogP contribution is 2.29. The zero-order chi connectivity index (χ0) is 20.5. The highest BCUT2D eigenvalue weighted by atomic mass is 32.1. The lowest BCUT2D eigenvalue weighted by atomic mass is 10.1. The van der Waals surface area contributed by atoms with Crippen molar-refractivity contribution >= 4 is 39.8 Å². The van der Waals surface area contributed by atoms with E-state index in [4.69, 9.17) is 15.7 Å². The number of nitrogens with zero attached hydrogens (tertiary/aromatic N) is 5. The number of primary amides is 1. The van der Waals surface area contributed by atoms with Gasteiger partial charge >= 0.3 is 0 Å². The molecule has 1 aromatic carbocycles. The van der Waals surface area contributed by atoms with Crippen LogP contribution in [-0.4, -0.2) is 47.0 Å². The van der Waals surface area contributed by atoms with Crippen molar-refractivity contribution in [3.8, 4) is 11.4 Å². The fourth-order valence-corrected chi connectivity index (χ4v) is 4.43. The number of carbonyl (C=O) groups excluding carboxylic acids is 1. The number of hydrogen-bond donors (Lipinski definition) is 1. The van der Waals surface area contributed by atoms with Crippen molar-refractivity contribution in [1.82, 2.24) is 15.0 Å². The molecule has 4 heterocycles. The normalized spacial score (nSPS) is 14.3. The van der Waals surface area contributed by atoms with E-state index in [1.165, 1.54) is 0 Å². The standard InChI is InChI=1S/C22H20N6OS/c23-19(29)17-5-3-8-24-21(17)27-9-11-28(12-10-27)22-16-4-1-2-6-18(16)25-20(26-22)15-7-13-30-14-15/h1-8,13-14H,9-12H2,(H2,23,29). The van der Waals surface area contributed by atoms with E-state index in [0.29, 0.717) is 11.4 Å². The summed E-state index contributed by atoms with van der Waals surface area (Å²) in [5.41, 5.74) is 7.96. The van der Waals surface area contributed by atoms with E-state index in [9.17, 15) is 4.79 Å². The number of para-hydroxylation sites is 1. The molecule has 1 amide bonds. The van der Waals surface area contributed by atoms with Gasteiger partial charge in [0.15, 0.2) is 5.82 Å². The molecule has 1 saturated heterocycles. The van der Waals surface area contributed by atoms with Crippen molar-refractivity contribution in [1.29, 1.82) is 0 Å². The fraction of sp³-hybridized carbons (Fsp3) is 0.182. The molecule has 0 spiro atoms. The Kier molecular flexibility index (Phi) is 4.76. The summed E-state index contributed by atoms with van der Waals surface area (Å²) in [5, 5.41) is 5.15. The summed E-state index contributed by atoms with van der Waals surface area (Å²) < 4.78 is 0. The topological polar surface area (TPSA) is 88.2 Å². The summed E-state index contributed by atoms with van der Waals surface area (Å²) >= 11 is 1.64. The van der Waals surface area contributed by atoms with Gasteiger partial charge in [-0.25, -0.2) is 15.0 Å². The van der Waals surface area contributed by atoms with E-state index >= 15 is 0 Å². The molecule has 1 fully saturated rings. The molecule has 0 unspecified atom stereocenters. The lowest BCUT2D eigenvalue weighted by molar-refractivity contribution is 0.100. The van der Waals surface area contributed by atoms with Gasteiger partial charge in [-0.1, -0.05) is 12.1 Å². The number of hydrogen-bond acceptors (Lipinski definition) is 7. The maximum absolute atomic E-state index is 11.8. The van der Waals surface area contributed by atoms with Crippen LogP contribution >= 0.6 is 11.3 Å². The van der Waals surface area contributed by atoms with Crippen LogP contribution in [0.1, 0.15) is 10.4 Å². The van der Waals surface area contributed by atoms with Crippen LogP contribution in [0.25, 0.3) is 22.3 Å². The predicted molar refractivity (Wildman–Crippen MR) is 120 cm³/mol. The Hall–Kier alpha value is -3.52. The van der Waals surface area contributed by atoms with Crippen molar-refractivity contribution in [2.24, 2.45) is 5.73 Å². The van der Waals surface area contributed by atoms with Gasteiger partial charge in [0.2, 0.25) is 0 Å². The molecule has 7 nitrogen and oxygen atoms in total. The van der Waals surface area contributed by atoms with Crippen LogP contribution in [0.5, 0.6) is 0 Å². The van der Waals surface area contributed by atoms with E-state index in [2.05, 4.69) is 26.2 Å². The molecule has 1 aliphatic heterocycles. The maximum Gasteiger partial charge on any atom is 0.252 e. The Labute approximate surface area is 177 Å². The second-order valence-electron chi connectivity index (χ2n) is 7.11. The van der Waals surface area contributed by atoms with Crippen molar-refractivity contribution in [2.75, 3.05) is 36.0 Å². The van der Waals surface area contributed by atoms with Crippen LogP contribution in [0.3, 0.4) is 0 Å². The lowest BCUT2D eigenvalue weighted by Gasteiger charge is -2.37. The first kappa shape index (κ1) is 18.5. The lowest BCUT2D eigenvalue weighted by Crippen LogP contribution is -2.47. The van der Waals surface area contributed by atoms with Gasteiger partial charge < -0.3 is 15.5 Å². The van der Waals surface area contributed by atoms with Crippen molar-refractivity contribution in [3.05, 3.63) is 65.0 Å². The molecule has 3 aromatic heterocycles. The molecule has 2 N–H and O–H groups in total. The average molecular weight is 417 g/mol. The number of aromatic nitrogens is 3. The van der Waals surface area contributed by atoms with Crippen LogP contribution in [0.2, 0.25) is 0 Å². The van der Waals surface area contributed by atoms with Crippen LogP contribution in [0, 0.1) is 0 Å². The smallest absolute Gasteiger partial charge is 0.252 e. The zero-order valence-electron chi connectivity index (χ0n) is 16.2. The van der Waals surface area contributed by atoms with Gasteiger partial charge in [0, 0.05) is 48.7 Å². The third-order valence-electron chi connectivity index (χ3n) is 5.29. The van der Waals surface area contributed by atoms with E-state index < -0.39 is 5.91 Å². The second kappa shape index (κ2) is 7.72. The number of amides is 1. The molecule has 30 heavy (non-hydrogen) atoms. The minimum Gasteiger partial charge on any atom is -0.365 e. The third-order valence-corrected chi connectivity index (χ3v) is 5.98. The third kappa shape index (κ3) is 3.35. The van der Waals surface area contributed by atoms with Crippen LogP contribution in [0.15, 0.2) is 59.4 Å². The van der Waals surface area contributed by atoms with Gasteiger partial charge in [-0.3, -0.25) is 4.79 Å². The van der Waals surface area contributed by atoms with Gasteiger partial charge in [-0.15, -0.1) is 0 Å². The zero-order valence-corrected chi connectivity index (χ0v) is 17.0. The Balaban J connectivity index is 1.46. The molecule has 0 saturated carbocycles. The summed E-state index contributed by atoms with van der Waals surface area (Å²) in [7, 11) is 0. The minimum atomic E-state index is -0.456. The Morgan fingerprint density at radius 2 is 1.70 bits per heavy atom. The quantitative estimate of drug-likeness (QED) is 0.550. The van der Waals surface area contributed by atoms with E-state index in [1.807, 2.05) is 29.6 Å². The summed E-state index contributed by atoms with van der Waals surface area (Å²) in [6.45, 7) is 2.98. The highest BCUT2D eigenvalue weighted by molar-refractivity contribution is 7.08. The first-order valence-electron chi connectivity index (χ1n) is 9.75. The summed E-state index contributed by atoms with van der Waals surface area (Å²) in [6.07, 6.45) is 1.69. The van der Waals surface area contributed by atoms with Crippen LogP contribution in [-0.2, 0) is 0 Å². The Morgan fingerprint density at radius 1 is 0.933 bits per heavy atom. The predicted octanol–water partition coefficient (Wildman–Crippen LogP) is 3.18. The summed E-state index contributed by atoms with van der Waals surface area (Å²) in [5.74, 6) is 1.88. The molecule has 5 rings (SSSR count).